The van der Waals surface area contributed by atoms with Gasteiger partial charge in [-0.25, -0.2) is 23.4 Å². The number of rotatable bonds is 7. The van der Waals surface area contributed by atoms with Crippen molar-refractivity contribution in [3.05, 3.63) is 53.5 Å². The van der Waals surface area contributed by atoms with E-state index < -0.39 is 20.3 Å². The van der Waals surface area contributed by atoms with Gasteiger partial charge in [-0.1, -0.05) is 20.8 Å². The zero-order chi connectivity index (χ0) is 26.3. The predicted molar refractivity (Wildman–Crippen MR) is 138 cm³/mol. The van der Waals surface area contributed by atoms with Gasteiger partial charge in [-0.2, -0.15) is 5.10 Å². The van der Waals surface area contributed by atoms with Gasteiger partial charge in [-0.3, -0.25) is 0 Å². The van der Waals surface area contributed by atoms with E-state index in [1.54, 1.807) is 17.1 Å². The summed E-state index contributed by atoms with van der Waals surface area (Å²) in [7, 11) is -2.23. The molecule has 1 aliphatic rings. The molecule has 4 rings (SSSR count). The molecule has 0 amide bonds. The Morgan fingerprint density at radius 1 is 1.17 bits per heavy atom. The molecule has 1 fully saturated rings. The van der Waals surface area contributed by atoms with Crippen molar-refractivity contribution in [2.24, 2.45) is 0 Å². The summed E-state index contributed by atoms with van der Waals surface area (Å²) >= 11 is 0. The van der Waals surface area contributed by atoms with E-state index in [9.17, 15) is 8.78 Å². The Morgan fingerprint density at radius 3 is 2.42 bits per heavy atom. The van der Waals surface area contributed by atoms with Gasteiger partial charge < -0.3 is 14.2 Å². The third-order valence-electron chi connectivity index (χ3n) is 7.33. The van der Waals surface area contributed by atoms with E-state index in [0.717, 1.165) is 17.0 Å². The fraction of sp³-hybridized carbons (Fsp3) is 0.577. The van der Waals surface area contributed by atoms with Gasteiger partial charge in [0.25, 0.3) is 0 Å². The highest BCUT2D eigenvalue weighted by Crippen LogP contribution is 2.42. The van der Waals surface area contributed by atoms with Crippen molar-refractivity contribution < 1.29 is 17.6 Å². The fourth-order valence-electron chi connectivity index (χ4n) is 4.22. The third kappa shape index (κ3) is 5.86. The molecule has 196 valence electrons. The Hall–Kier alpha value is -2.59. The van der Waals surface area contributed by atoms with E-state index in [0.29, 0.717) is 30.4 Å². The molecule has 1 aliphatic carbocycles. The van der Waals surface area contributed by atoms with E-state index in [2.05, 4.69) is 49.3 Å². The third-order valence-corrected chi connectivity index (χ3v) is 11.8. The lowest BCUT2D eigenvalue weighted by Crippen LogP contribution is -2.42. The Balaban J connectivity index is 1.77. The number of pyridine rings is 1. The van der Waals surface area contributed by atoms with Crippen molar-refractivity contribution in [3.8, 4) is 5.82 Å². The largest absolute Gasteiger partial charge is 0.446 e. The molecule has 3 aromatic heterocycles. The quantitative estimate of drug-likeness (QED) is 0.341. The Morgan fingerprint density at radius 2 is 1.86 bits per heavy atom. The number of aryl methyl sites for hydroxylation is 2. The van der Waals surface area contributed by atoms with Gasteiger partial charge >= 0.3 is 0 Å². The molecule has 0 bridgehead atoms. The van der Waals surface area contributed by atoms with Crippen LogP contribution in [-0.4, -0.2) is 40.0 Å². The van der Waals surface area contributed by atoms with E-state index in [4.69, 9.17) is 13.8 Å². The number of halogens is 2. The fourth-order valence-corrected chi connectivity index (χ4v) is 5.40. The van der Waals surface area contributed by atoms with Crippen LogP contribution in [0.25, 0.3) is 5.82 Å². The molecule has 0 aliphatic heterocycles. The van der Waals surface area contributed by atoms with Crippen LogP contribution in [0.4, 0.5) is 14.6 Å². The lowest BCUT2D eigenvalue weighted by atomic mass is 9.92. The molecule has 36 heavy (non-hydrogen) atoms. The van der Waals surface area contributed by atoms with Crippen molar-refractivity contribution in [1.29, 1.82) is 0 Å². The lowest BCUT2D eigenvalue weighted by molar-refractivity contribution is -0.0361. The summed E-state index contributed by atoms with van der Waals surface area (Å²) in [5, 5.41) is 8.00. The Labute approximate surface area is 212 Å². The van der Waals surface area contributed by atoms with Gasteiger partial charge in [0.15, 0.2) is 14.1 Å². The molecule has 1 saturated carbocycles. The summed E-state index contributed by atoms with van der Waals surface area (Å²) in [6.45, 7) is 14.8. The molecule has 0 radical (unpaired) electrons. The van der Waals surface area contributed by atoms with Crippen LogP contribution in [0.15, 0.2) is 35.1 Å². The minimum Gasteiger partial charge on any atom is -0.446 e. The van der Waals surface area contributed by atoms with Crippen LogP contribution in [0.5, 0.6) is 0 Å². The molecule has 0 saturated heterocycles. The van der Waals surface area contributed by atoms with Crippen LogP contribution in [0, 0.1) is 13.8 Å². The summed E-state index contributed by atoms with van der Waals surface area (Å²) < 4.78 is 41.8. The molecule has 1 N–H and O–H groups in total. The maximum absolute atomic E-state index is 13.7. The number of anilines is 1. The molecule has 0 aromatic carbocycles. The van der Waals surface area contributed by atoms with Crippen LogP contribution in [0.2, 0.25) is 18.1 Å². The Kier molecular flexibility index (Phi) is 7.13. The highest BCUT2D eigenvalue weighted by Gasteiger charge is 2.41. The van der Waals surface area contributed by atoms with Gasteiger partial charge in [0, 0.05) is 24.6 Å². The topological polar surface area (TPSA) is 78.0 Å². The second-order valence-electron chi connectivity index (χ2n) is 11.4. The van der Waals surface area contributed by atoms with Crippen molar-refractivity contribution in [2.45, 2.75) is 96.5 Å². The molecular formula is C26H37F2N5O2Si. The Bertz CT molecular complexity index is 1180. The van der Waals surface area contributed by atoms with Gasteiger partial charge in [-0.05, 0) is 68.6 Å². The standard InChI is InChI=1S/C26H37F2N5O2Si/c1-17-14-18(2)33(32-17)22-16-19(15-21(31-22)30-20-8-10-26(27,28)11-9-20)23(24-29-12-13-34-24)35-36(6,7)25(3,4)5/h12-16,20,23H,8-11H2,1-7H3,(H,30,31). The first-order valence-electron chi connectivity index (χ1n) is 12.5. The first-order chi connectivity index (χ1) is 16.7. The highest BCUT2D eigenvalue weighted by atomic mass is 28.4. The molecule has 0 spiro atoms. The van der Waals surface area contributed by atoms with Crippen molar-refractivity contribution >= 4 is 14.1 Å². The van der Waals surface area contributed by atoms with Gasteiger partial charge in [-0.15, -0.1) is 0 Å². The van der Waals surface area contributed by atoms with Crippen LogP contribution in [0.3, 0.4) is 0 Å². The van der Waals surface area contributed by atoms with Crippen molar-refractivity contribution in [2.75, 3.05) is 5.32 Å². The number of alkyl halides is 2. The SMILES string of the molecule is Cc1cc(C)n(-c2cc(C(O[Si](C)(C)C(C)(C)C)c3ncco3)cc(NC3CCC(F)(F)CC3)n2)n1. The van der Waals surface area contributed by atoms with Crippen LogP contribution < -0.4 is 5.32 Å². The smallest absolute Gasteiger partial charge is 0.248 e. The van der Waals surface area contributed by atoms with E-state index in [1.165, 1.54) is 0 Å². The van der Waals surface area contributed by atoms with Gasteiger partial charge in [0.1, 0.15) is 18.2 Å². The van der Waals surface area contributed by atoms with Crippen molar-refractivity contribution in [1.82, 2.24) is 19.7 Å². The molecular weight excluding hydrogens is 480 g/mol. The maximum atomic E-state index is 13.7. The zero-order valence-electron chi connectivity index (χ0n) is 22.2. The normalized spacial score (nSPS) is 17.8. The van der Waals surface area contributed by atoms with E-state index in [-0.39, 0.29) is 23.9 Å². The second-order valence-corrected chi connectivity index (χ2v) is 16.1. The van der Waals surface area contributed by atoms with Crippen LogP contribution in [0.1, 0.15) is 75.4 Å². The van der Waals surface area contributed by atoms with Crippen molar-refractivity contribution in [3.63, 3.8) is 0 Å². The number of aromatic nitrogens is 4. The number of nitrogens with zero attached hydrogens (tertiary/aromatic N) is 4. The highest BCUT2D eigenvalue weighted by molar-refractivity contribution is 6.74. The summed E-state index contributed by atoms with van der Waals surface area (Å²) in [6.07, 6.45) is 3.14. The molecule has 7 nitrogen and oxygen atoms in total. The summed E-state index contributed by atoms with van der Waals surface area (Å²) in [6, 6.07) is 5.77. The van der Waals surface area contributed by atoms with E-state index >= 15 is 0 Å². The molecule has 1 unspecified atom stereocenters. The van der Waals surface area contributed by atoms with Crippen LogP contribution >= 0.6 is 0 Å². The minimum absolute atomic E-state index is 0.0300. The lowest BCUT2D eigenvalue weighted by Gasteiger charge is -2.38. The number of oxazole rings is 1. The number of hydrogen-bond donors (Lipinski definition) is 1. The summed E-state index contributed by atoms with van der Waals surface area (Å²) in [5.41, 5.74) is 2.65. The monoisotopic (exact) mass is 517 g/mol. The molecule has 10 heteroatoms. The number of hydrogen-bond acceptors (Lipinski definition) is 6. The first kappa shape index (κ1) is 26.5. The zero-order valence-corrected chi connectivity index (χ0v) is 23.2. The van der Waals surface area contributed by atoms with E-state index in [1.807, 2.05) is 32.0 Å². The molecule has 3 aromatic rings. The summed E-state index contributed by atoms with van der Waals surface area (Å²) in [5.74, 6) is -0.901. The van der Waals surface area contributed by atoms with Gasteiger partial charge in [0.05, 0.1) is 11.9 Å². The number of nitrogens with one attached hydrogen (secondary N) is 1. The van der Waals surface area contributed by atoms with Crippen LogP contribution in [-0.2, 0) is 4.43 Å². The summed E-state index contributed by atoms with van der Waals surface area (Å²) in [4.78, 5) is 9.25. The second kappa shape index (κ2) is 9.70. The van der Waals surface area contributed by atoms with Gasteiger partial charge in [0.2, 0.25) is 11.8 Å². The first-order valence-corrected chi connectivity index (χ1v) is 15.4. The molecule has 1 atom stereocenters. The maximum Gasteiger partial charge on any atom is 0.248 e. The average molecular weight is 518 g/mol. The molecule has 3 heterocycles. The average Bonchev–Trinajstić information content (AvgIpc) is 3.42. The minimum atomic E-state index is -2.59. The predicted octanol–water partition coefficient (Wildman–Crippen LogP) is 6.97.